The van der Waals surface area contributed by atoms with Gasteiger partial charge in [-0.05, 0) is 23.7 Å². The monoisotopic (exact) mass is 234 g/mol. The van der Waals surface area contributed by atoms with Crippen molar-refractivity contribution in [2.45, 2.75) is 78.5 Å². The van der Waals surface area contributed by atoms with Crippen LogP contribution in [0.5, 0.6) is 0 Å². The summed E-state index contributed by atoms with van der Waals surface area (Å²) in [6.07, 6.45) is 9.61. The van der Waals surface area contributed by atoms with Crippen molar-refractivity contribution < 1.29 is 0 Å². The first kappa shape index (κ1) is 15.1. The lowest BCUT2D eigenvalue weighted by Gasteiger charge is -2.33. The Balaban J connectivity index is 2.58. The van der Waals surface area contributed by atoms with Crippen molar-refractivity contribution >= 4 is 7.85 Å². The Hall–Kier alpha value is 0.0649. The molecule has 0 aromatic rings. The molecule has 0 saturated heterocycles. The second-order valence-corrected chi connectivity index (χ2v) is 6.52. The fourth-order valence-electron chi connectivity index (χ4n) is 3.42. The van der Waals surface area contributed by atoms with Crippen molar-refractivity contribution in [3.05, 3.63) is 0 Å². The fraction of sp³-hybridized carbons (Fsp3) is 1.00. The van der Waals surface area contributed by atoms with E-state index in [2.05, 4.69) is 27.7 Å². The van der Waals surface area contributed by atoms with Gasteiger partial charge in [0, 0.05) is 0 Å². The molecule has 1 aliphatic rings. The molecule has 1 heteroatoms. The highest BCUT2D eigenvalue weighted by molar-refractivity contribution is 6.11. The maximum Gasteiger partial charge on any atom is 0.0703 e. The zero-order valence-corrected chi connectivity index (χ0v) is 12.4. The molecule has 0 nitrogen and oxygen atoms in total. The lowest BCUT2D eigenvalue weighted by molar-refractivity contribution is 0.217. The van der Waals surface area contributed by atoms with Gasteiger partial charge in [0.2, 0.25) is 0 Å². The summed E-state index contributed by atoms with van der Waals surface area (Å²) in [7, 11) is 6.34. The average Bonchev–Trinajstić information content (AvgIpc) is 2.32. The Morgan fingerprint density at radius 1 is 0.941 bits per heavy atom. The van der Waals surface area contributed by atoms with E-state index in [1.807, 2.05) is 0 Å². The molecule has 0 N–H and O–H groups in total. The van der Waals surface area contributed by atoms with Crippen LogP contribution in [0.1, 0.15) is 72.6 Å². The summed E-state index contributed by atoms with van der Waals surface area (Å²) in [5.41, 5.74) is 0. The Morgan fingerprint density at radius 3 is 2.29 bits per heavy atom. The highest BCUT2D eigenvalue weighted by atomic mass is 14.3. The molecule has 5 unspecified atom stereocenters. The molecule has 0 amide bonds. The molecule has 0 bridgehead atoms. The third kappa shape index (κ3) is 4.68. The van der Waals surface area contributed by atoms with E-state index in [0.29, 0.717) is 11.7 Å². The molecule has 0 aliphatic heterocycles. The Kier molecular flexibility index (Phi) is 6.66. The van der Waals surface area contributed by atoms with Crippen LogP contribution in [0.15, 0.2) is 0 Å². The molecule has 98 valence electrons. The van der Waals surface area contributed by atoms with E-state index in [4.69, 9.17) is 7.85 Å². The van der Waals surface area contributed by atoms with Gasteiger partial charge < -0.3 is 0 Å². The Morgan fingerprint density at radius 2 is 1.65 bits per heavy atom. The zero-order chi connectivity index (χ0) is 12.8. The van der Waals surface area contributed by atoms with E-state index in [1.54, 1.807) is 0 Å². The summed E-state index contributed by atoms with van der Waals surface area (Å²) in [6, 6.07) is 0. The molecule has 0 aromatic carbocycles. The molecule has 1 aliphatic carbocycles. The molecule has 1 rings (SSSR count). The van der Waals surface area contributed by atoms with E-state index in [9.17, 15) is 0 Å². The normalized spacial score (nSPS) is 41.1. The molecule has 1 saturated carbocycles. The van der Waals surface area contributed by atoms with Crippen LogP contribution in [0, 0.1) is 23.7 Å². The van der Waals surface area contributed by atoms with Crippen LogP contribution in [-0.2, 0) is 0 Å². The second kappa shape index (κ2) is 7.49. The predicted octanol–water partition coefficient (Wildman–Crippen LogP) is 5.23. The van der Waals surface area contributed by atoms with Gasteiger partial charge in [0.15, 0.2) is 0 Å². The van der Waals surface area contributed by atoms with Gasteiger partial charge in [0.1, 0.15) is 0 Å². The highest BCUT2D eigenvalue weighted by Crippen LogP contribution is 2.37. The number of rotatable bonds is 2. The lowest BCUT2D eigenvalue weighted by atomic mass is 9.65. The molecule has 0 spiro atoms. The average molecular weight is 234 g/mol. The summed E-state index contributed by atoms with van der Waals surface area (Å²) >= 11 is 0. The van der Waals surface area contributed by atoms with Crippen LogP contribution < -0.4 is 0 Å². The summed E-state index contributed by atoms with van der Waals surface area (Å²) in [4.78, 5) is 0. The van der Waals surface area contributed by atoms with Crippen LogP contribution in [0.2, 0.25) is 5.82 Å². The van der Waals surface area contributed by atoms with E-state index in [1.165, 1.54) is 44.9 Å². The Labute approximate surface area is 110 Å². The molecule has 0 aromatic heterocycles. The van der Waals surface area contributed by atoms with E-state index >= 15 is 0 Å². The van der Waals surface area contributed by atoms with Gasteiger partial charge in [-0.1, -0.05) is 78.5 Å². The molecule has 1 fully saturated rings. The summed E-state index contributed by atoms with van der Waals surface area (Å²) in [6.45, 7) is 9.51. The standard InChI is InChI=1S/C16H31B/c1-5-7-15-8-6-9-16(17)14(4)13(3)12(2)10-11-15/h12-16H,5-11H2,1-4H3. The van der Waals surface area contributed by atoms with Gasteiger partial charge in [-0.25, -0.2) is 0 Å². The smallest absolute Gasteiger partial charge is 0.0703 e. The van der Waals surface area contributed by atoms with Crippen molar-refractivity contribution in [1.82, 2.24) is 0 Å². The van der Waals surface area contributed by atoms with Crippen LogP contribution in [0.25, 0.3) is 0 Å². The first-order valence-electron chi connectivity index (χ1n) is 7.81. The van der Waals surface area contributed by atoms with Gasteiger partial charge in [-0.3, -0.25) is 0 Å². The van der Waals surface area contributed by atoms with Gasteiger partial charge in [-0.2, -0.15) is 0 Å². The van der Waals surface area contributed by atoms with E-state index in [0.717, 1.165) is 17.8 Å². The van der Waals surface area contributed by atoms with Crippen LogP contribution in [0.4, 0.5) is 0 Å². The quantitative estimate of drug-likeness (QED) is 0.574. The maximum absolute atomic E-state index is 6.34. The zero-order valence-electron chi connectivity index (χ0n) is 12.4. The Bertz CT molecular complexity index is 202. The largest absolute Gasteiger partial charge is 0.0746 e. The van der Waals surface area contributed by atoms with Crippen molar-refractivity contribution in [2.75, 3.05) is 0 Å². The number of hydrogen-bond donors (Lipinski definition) is 0. The molecule has 17 heavy (non-hydrogen) atoms. The van der Waals surface area contributed by atoms with Crippen LogP contribution >= 0.6 is 0 Å². The highest BCUT2D eigenvalue weighted by Gasteiger charge is 2.25. The maximum atomic E-state index is 6.34. The van der Waals surface area contributed by atoms with Gasteiger partial charge in [0.25, 0.3) is 0 Å². The van der Waals surface area contributed by atoms with Crippen molar-refractivity contribution in [3.63, 3.8) is 0 Å². The summed E-state index contributed by atoms with van der Waals surface area (Å²) in [5.74, 6) is 3.70. The van der Waals surface area contributed by atoms with Gasteiger partial charge in [0.05, 0.1) is 7.85 Å². The van der Waals surface area contributed by atoms with Gasteiger partial charge >= 0.3 is 0 Å². The fourth-order valence-corrected chi connectivity index (χ4v) is 3.42. The predicted molar refractivity (Wildman–Crippen MR) is 78.5 cm³/mol. The topological polar surface area (TPSA) is 0 Å². The first-order chi connectivity index (χ1) is 8.06. The van der Waals surface area contributed by atoms with Crippen molar-refractivity contribution in [1.29, 1.82) is 0 Å². The minimum Gasteiger partial charge on any atom is -0.0746 e. The lowest BCUT2D eigenvalue weighted by Crippen LogP contribution is -2.23. The third-order valence-corrected chi connectivity index (χ3v) is 5.28. The molecular weight excluding hydrogens is 203 g/mol. The van der Waals surface area contributed by atoms with E-state index in [-0.39, 0.29) is 0 Å². The summed E-state index contributed by atoms with van der Waals surface area (Å²) < 4.78 is 0. The molecular formula is C16H31B. The molecule has 2 radical (unpaired) electrons. The van der Waals surface area contributed by atoms with Crippen molar-refractivity contribution in [3.8, 4) is 0 Å². The second-order valence-electron chi connectivity index (χ2n) is 6.52. The minimum absolute atomic E-state index is 0.424. The third-order valence-electron chi connectivity index (χ3n) is 5.28. The number of hydrogen-bond acceptors (Lipinski definition) is 0. The first-order valence-corrected chi connectivity index (χ1v) is 7.81. The summed E-state index contributed by atoms with van der Waals surface area (Å²) in [5, 5.41) is 0. The molecule has 5 atom stereocenters. The van der Waals surface area contributed by atoms with E-state index < -0.39 is 0 Å². The van der Waals surface area contributed by atoms with Crippen LogP contribution in [-0.4, -0.2) is 7.85 Å². The van der Waals surface area contributed by atoms with Crippen molar-refractivity contribution in [2.24, 2.45) is 23.7 Å². The molecule has 0 heterocycles. The van der Waals surface area contributed by atoms with Gasteiger partial charge in [-0.15, -0.1) is 0 Å². The SMILES string of the molecule is [B]C1CCCC(CCC)CCC(C)C(C)C1C. The minimum atomic E-state index is 0.424. The van der Waals surface area contributed by atoms with Crippen LogP contribution in [0.3, 0.4) is 0 Å².